The van der Waals surface area contributed by atoms with Crippen molar-refractivity contribution in [2.24, 2.45) is 22.3 Å². The fraction of sp³-hybridized carbons (Fsp3) is 0.750. The number of nitrogens with zero attached hydrogens (tertiary/aromatic N) is 3. The van der Waals surface area contributed by atoms with Crippen LogP contribution in [0.5, 0.6) is 0 Å². The van der Waals surface area contributed by atoms with Gasteiger partial charge in [-0.15, -0.1) is 0 Å². The third-order valence-corrected chi connectivity index (χ3v) is 1.74. The second kappa shape index (κ2) is 14.7. The summed E-state index contributed by atoms with van der Waals surface area (Å²) in [5.74, 6) is -0.402. The van der Waals surface area contributed by atoms with Gasteiger partial charge in [0, 0.05) is 13.1 Å². The third-order valence-electron chi connectivity index (χ3n) is 1.74. The van der Waals surface area contributed by atoms with Gasteiger partial charge in [0.15, 0.2) is 10.1 Å². The second-order valence-corrected chi connectivity index (χ2v) is 3.61. The Labute approximate surface area is 126 Å². The molecule has 0 spiro atoms. The van der Waals surface area contributed by atoms with Crippen LogP contribution in [-0.2, 0) is 0 Å². The number of nitrogens with one attached hydrogen (secondary N) is 4. The lowest BCUT2D eigenvalue weighted by atomic mass is 10.4. The van der Waals surface area contributed by atoms with Gasteiger partial charge in [0.25, 0.3) is 5.96 Å². The summed E-state index contributed by atoms with van der Waals surface area (Å²) < 4.78 is 0. The minimum atomic E-state index is -0.900. The molecule has 0 aromatic rings. The van der Waals surface area contributed by atoms with Crippen LogP contribution < -0.4 is 33.3 Å². The van der Waals surface area contributed by atoms with E-state index in [-0.39, 0.29) is 5.96 Å². The normalized spacial score (nSPS) is 12.0. The van der Waals surface area contributed by atoms with Gasteiger partial charge < -0.3 is 27.8 Å². The minimum absolute atomic E-state index is 0.260. The molecule has 1 rings (SSSR count). The van der Waals surface area contributed by atoms with Crippen molar-refractivity contribution in [1.82, 2.24) is 16.1 Å². The topological polar surface area (TPSA) is 237 Å². The molecular weight excluding hydrogens is 300 g/mol. The maximum absolute atomic E-state index is 9.81. The van der Waals surface area contributed by atoms with E-state index in [4.69, 9.17) is 16.9 Å². The van der Waals surface area contributed by atoms with Crippen LogP contribution >= 0.6 is 0 Å². The van der Waals surface area contributed by atoms with E-state index in [1.165, 1.54) is 5.43 Å². The monoisotopic (exact) mass is 322 g/mol. The molecule has 0 atom stereocenters. The number of guanidine groups is 2. The Hall–Kier alpha value is -2.74. The van der Waals surface area contributed by atoms with Gasteiger partial charge in [-0.25, -0.2) is 20.2 Å². The Morgan fingerprint density at radius 1 is 1.27 bits per heavy atom. The highest BCUT2D eigenvalue weighted by Gasteiger charge is 2.07. The fourth-order valence-electron chi connectivity index (χ4n) is 0.933. The summed E-state index contributed by atoms with van der Waals surface area (Å²) >= 11 is 0. The lowest BCUT2D eigenvalue weighted by Gasteiger charge is -2.13. The van der Waals surface area contributed by atoms with E-state index in [1.807, 2.05) is 0 Å². The number of rotatable bonds is 4. The molecule has 0 saturated carbocycles. The first kappa shape index (κ1) is 21.6. The van der Waals surface area contributed by atoms with Crippen molar-refractivity contribution in [2.75, 3.05) is 26.2 Å². The van der Waals surface area contributed by atoms with E-state index in [0.29, 0.717) is 0 Å². The van der Waals surface area contributed by atoms with Crippen LogP contribution in [0.3, 0.4) is 0 Å². The van der Waals surface area contributed by atoms with E-state index < -0.39 is 16.0 Å². The van der Waals surface area contributed by atoms with E-state index >= 15 is 0 Å². The van der Waals surface area contributed by atoms with Gasteiger partial charge in [-0.3, -0.25) is 5.41 Å². The molecule has 0 amide bonds. The lowest BCUT2D eigenvalue weighted by molar-refractivity contribution is -0.525. The molecule has 0 bridgehead atoms. The number of hydrazone groups is 1. The summed E-state index contributed by atoms with van der Waals surface area (Å²) in [6.45, 7) is 2.94. The fourth-order valence-corrected chi connectivity index (χ4v) is 0.933. The molecule has 1 aliphatic rings. The zero-order chi connectivity index (χ0) is 17.4. The van der Waals surface area contributed by atoms with E-state index in [1.54, 1.807) is 0 Å². The summed E-state index contributed by atoms with van der Waals surface area (Å²) in [7, 11) is 0. The highest BCUT2D eigenvalue weighted by atomic mass is 16.7. The van der Waals surface area contributed by atoms with Gasteiger partial charge in [-0.05, 0) is 25.9 Å². The zero-order valence-electron chi connectivity index (χ0n) is 11.9. The summed E-state index contributed by atoms with van der Waals surface area (Å²) in [5, 5.41) is 32.3. The van der Waals surface area contributed by atoms with Gasteiger partial charge in [-0.1, -0.05) is 5.43 Å². The van der Waals surface area contributed by atoms with Crippen molar-refractivity contribution < 1.29 is 10.1 Å². The predicted octanol–water partition coefficient (Wildman–Crippen LogP) is -2.93. The van der Waals surface area contributed by atoms with Gasteiger partial charge in [-0.2, -0.15) is 0 Å². The molecule has 0 aromatic carbocycles. The average molecular weight is 322 g/mol. The molecular formula is C8H22N10O4. The number of nitrogens with two attached hydrogens (primary N) is 3. The van der Waals surface area contributed by atoms with Crippen LogP contribution in [-0.4, -0.2) is 48.2 Å². The maximum Gasteiger partial charge on any atom is 0.268 e. The van der Waals surface area contributed by atoms with Crippen LogP contribution in [0.1, 0.15) is 12.8 Å². The van der Waals surface area contributed by atoms with Crippen molar-refractivity contribution in [3.63, 3.8) is 0 Å². The Balaban J connectivity index is 0. The molecule has 14 nitrogen and oxygen atoms in total. The number of hydrogen-bond acceptors (Lipinski definition) is 7. The van der Waals surface area contributed by atoms with Crippen LogP contribution in [0.15, 0.2) is 5.10 Å². The molecule has 0 aliphatic carbocycles. The van der Waals surface area contributed by atoms with Crippen LogP contribution in [0.4, 0.5) is 0 Å². The molecule has 0 unspecified atom stereocenters. The Kier molecular flexibility index (Phi) is 14.4. The number of hydrazine groups is 1. The Morgan fingerprint density at radius 3 is 2.00 bits per heavy atom. The average Bonchev–Trinajstić information content (AvgIpc) is 2.40. The first-order valence-electron chi connectivity index (χ1n) is 6.19. The molecule has 128 valence electrons. The van der Waals surface area contributed by atoms with Crippen LogP contribution in [0.2, 0.25) is 0 Å². The predicted molar refractivity (Wildman–Crippen MR) is 79.8 cm³/mol. The lowest BCUT2D eigenvalue weighted by Crippen LogP contribution is -2.44. The van der Waals surface area contributed by atoms with Crippen molar-refractivity contribution >= 4 is 11.9 Å². The quantitative estimate of drug-likeness (QED) is 0.120. The number of nitro groups is 2. The molecule has 1 heterocycles. The molecule has 14 heteroatoms. The molecule has 10 N–H and O–H groups in total. The first-order chi connectivity index (χ1) is 10.3. The minimum Gasteiger partial charge on any atom is -0.366 e. The SMILES string of the molecule is N=C(N)N[N+](=O)[O-].NCCCN.O=[N+]([O-])N=C1NCCCN1. The van der Waals surface area contributed by atoms with E-state index in [0.717, 1.165) is 39.0 Å². The first-order valence-corrected chi connectivity index (χ1v) is 6.19. The summed E-state index contributed by atoms with van der Waals surface area (Å²) in [6.07, 6.45) is 1.91. The summed E-state index contributed by atoms with van der Waals surface area (Å²) in [6, 6.07) is 0. The molecule has 1 saturated heterocycles. The van der Waals surface area contributed by atoms with Crippen molar-refractivity contribution in [1.29, 1.82) is 5.41 Å². The van der Waals surface area contributed by atoms with Gasteiger partial charge in [0.2, 0.25) is 5.96 Å². The smallest absolute Gasteiger partial charge is 0.268 e. The van der Waals surface area contributed by atoms with Crippen molar-refractivity contribution in [3.8, 4) is 0 Å². The van der Waals surface area contributed by atoms with Crippen LogP contribution in [0.25, 0.3) is 0 Å². The molecule has 0 radical (unpaired) electrons. The van der Waals surface area contributed by atoms with Gasteiger partial charge >= 0.3 is 0 Å². The zero-order valence-corrected chi connectivity index (χ0v) is 11.9. The third kappa shape index (κ3) is 19.6. The highest BCUT2D eigenvalue weighted by molar-refractivity contribution is 5.79. The highest BCUT2D eigenvalue weighted by Crippen LogP contribution is 1.82. The standard InChI is InChI=1S/C4H8N4O2.C3H10N2.CH4N4O2/c9-8(10)7-4-5-2-1-3-6-4;4-2-1-3-5;2-1(3)4-5(6)7/h1-3H2,(H2,5,6,7);1-5H2;(H4,2,3,4). The van der Waals surface area contributed by atoms with Crippen LogP contribution in [0, 0.1) is 25.6 Å². The maximum atomic E-state index is 9.81. The van der Waals surface area contributed by atoms with Gasteiger partial charge in [0.1, 0.15) is 5.10 Å². The van der Waals surface area contributed by atoms with E-state index in [9.17, 15) is 20.2 Å². The largest absolute Gasteiger partial charge is 0.366 e. The molecule has 1 fully saturated rings. The Bertz CT molecular complexity index is 352. The number of hydrogen-bond donors (Lipinski definition) is 7. The van der Waals surface area contributed by atoms with E-state index in [2.05, 4.69) is 21.5 Å². The van der Waals surface area contributed by atoms with Crippen molar-refractivity contribution in [2.45, 2.75) is 12.8 Å². The molecule has 0 aromatic heterocycles. The second-order valence-electron chi connectivity index (χ2n) is 3.61. The summed E-state index contributed by atoms with van der Waals surface area (Å²) in [5.41, 5.74) is 16.0. The van der Waals surface area contributed by atoms with Crippen molar-refractivity contribution in [3.05, 3.63) is 20.2 Å². The Morgan fingerprint density at radius 2 is 1.77 bits per heavy atom. The summed E-state index contributed by atoms with van der Waals surface area (Å²) in [4.78, 5) is 19.1. The van der Waals surface area contributed by atoms with Gasteiger partial charge in [0.05, 0.1) is 0 Å². The molecule has 1 aliphatic heterocycles. The molecule has 22 heavy (non-hydrogen) atoms.